The number of nitrogens with two attached hydrogens (primary N) is 1. The van der Waals surface area contributed by atoms with Crippen molar-refractivity contribution in [1.82, 2.24) is 14.9 Å². The molecule has 2 heterocycles. The maximum absolute atomic E-state index is 6.29. The Labute approximate surface area is 131 Å². The van der Waals surface area contributed by atoms with Crippen LogP contribution in [0.4, 0.5) is 11.8 Å². The summed E-state index contributed by atoms with van der Waals surface area (Å²) in [6.45, 7) is 6.76. The standard InChI is InChI=1S/C14H24ClN5O/c1-10-12(15)13(18-14(16)17-10)19(2)8-11-4-5-20(9-11)6-7-21-3/h11H,4-9H2,1-3H3,(H2,16,17,18). The monoisotopic (exact) mass is 313 g/mol. The minimum atomic E-state index is 0.270. The number of halogens is 1. The van der Waals surface area contributed by atoms with Crippen LogP contribution in [-0.2, 0) is 4.74 Å². The van der Waals surface area contributed by atoms with Crippen LogP contribution in [0, 0.1) is 12.8 Å². The summed E-state index contributed by atoms with van der Waals surface area (Å²) in [6, 6.07) is 0. The molecule has 2 rings (SSSR count). The molecule has 2 N–H and O–H groups in total. The summed E-state index contributed by atoms with van der Waals surface area (Å²) in [5, 5.41) is 0.584. The Balaban J connectivity index is 1.95. The third-order valence-corrected chi connectivity index (χ3v) is 4.33. The summed E-state index contributed by atoms with van der Waals surface area (Å²) in [6.07, 6.45) is 1.19. The molecule has 118 valence electrons. The highest BCUT2D eigenvalue weighted by atomic mass is 35.5. The predicted octanol–water partition coefficient (Wildman–Crippen LogP) is 1.43. The first kappa shape index (κ1) is 16.3. The number of ether oxygens (including phenoxy) is 1. The van der Waals surface area contributed by atoms with Crippen molar-refractivity contribution in [2.75, 3.05) is 57.6 Å². The number of aromatic nitrogens is 2. The van der Waals surface area contributed by atoms with E-state index in [1.807, 2.05) is 14.0 Å². The molecule has 1 atom stereocenters. The second kappa shape index (κ2) is 7.24. The molecule has 1 aliphatic heterocycles. The van der Waals surface area contributed by atoms with Gasteiger partial charge >= 0.3 is 0 Å². The Morgan fingerprint density at radius 3 is 2.95 bits per heavy atom. The zero-order chi connectivity index (χ0) is 15.4. The van der Waals surface area contributed by atoms with E-state index in [1.165, 1.54) is 6.42 Å². The number of hydrogen-bond acceptors (Lipinski definition) is 6. The van der Waals surface area contributed by atoms with Gasteiger partial charge in [0.15, 0.2) is 5.82 Å². The Kier molecular flexibility index (Phi) is 5.61. The SMILES string of the molecule is COCCN1CCC(CN(C)c2nc(N)nc(C)c2Cl)C1. The number of aryl methyl sites for hydroxylation is 1. The van der Waals surface area contributed by atoms with Crippen molar-refractivity contribution < 1.29 is 4.74 Å². The molecule has 0 aliphatic carbocycles. The lowest BCUT2D eigenvalue weighted by molar-refractivity contribution is 0.159. The van der Waals surface area contributed by atoms with E-state index in [0.29, 0.717) is 10.9 Å². The fourth-order valence-corrected chi connectivity index (χ4v) is 3.01. The molecule has 1 saturated heterocycles. The predicted molar refractivity (Wildman–Crippen MR) is 85.9 cm³/mol. The Hall–Kier alpha value is -1.11. The summed E-state index contributed by atoms with van der Waals surface area (Å²) in [7, 11) is 3.75. The zero-order valence-corrected chi connectivity index (χ0v) is 13.7. The molecule has 1 aromatic heterocycles. The van der Waals surface area contributed by atoms with Gasteiger partial charge in [-0.15, -0.1) is 0 Å². The fourth-order valence-electron chi connectivity index (χ4n) is 2.78. The van der Waals surface area contributed by atoms with Gasteiger partial charge in [0.05, 0.1) is 12.3 Å². The number of anilines is 2. The van der Waals surface area contributed by atoms with E-state index in [4.69, 9.17) is 22.1 Å². The van der Waals surface area contributed by atoms with E-state index in [1.54, 1.807) is 7.11 Å². The zero-order valence-electron chi connectivity index (χ0n) is 13.0. The van der Waals surface area contributed by atoms with E-state index in [9.17, 15) is 0 Å². The Bertz CT molecular complexity index is 485. The van der Waals surface area contributed by atoms with Crippen molar-refractivity contribution >= 4 is 23.4 Å². The van der Waals surface area contributed by atoms with Crippen molar-refractivity contribution in [2.45, 2.75) is 13.3 Å². The molecule has 21 heavy (non-hydrogen) atoms. The highest BCUT2D eigenvalue weighted by Gasteiger charge is 2.24. The smallest absolute Gasteiger partial charge is 0.222 e. The molecule has 1 aliphatic rings. The van der Waals surface area contributed by atoms with Gasteiger partial charge in [0.1, 0.15) is 5.02 Å². The first-order valence-electron chi connectivity index (χ1n) is 7.23. The topological polar surface area (TPSA) is 67.5 Å². The van der Waals surface area contributed by atoms with Gasteiger partial charge in [0.2, 0.25) is 5.95 Å². The van der Waals surface area contributed by atoms with Gasteiger partial charge in [-0.1, -0.05) is 11.6 Å². The fraction of sp³-hybridized carbons (Fsp3) is 0.714. The minimum absolute atomic E-state index is 0.270. The third-order valence-electron chi connectivity index (χ3n) is 3.89. The molecule has 0 saturated carbocycles. The van der Waals surface area contributed by atoms with Gasteiger partial charge in [-0.2, -0.15) is 4.98 Å². The quantitative estimate of drug-likeness (QED) is 0.857. The van der Waals surface area contributed by atoms with Gasteiger partial charge in [-0.3, -0.25) is 0 Å². The van der Waals surface area contributed by atoms with Crippen LogP contribution in [0.1, 0.15) is 12.1 Å². The number of nitrogens with zero attached hydrogens (tertiary/aromatic N) is 4. The van der Waals surface area contributed by atoms with Gasteiger partial charge < -0.3 is 20.3 Å². The normalized spacial score (nSPS) is 19.1. The summed E-state index contributed by atoms with van der Waals surface area (Å²) in [5.41, 5.74) is 6.44. The molecule has 0 amide bonds. The molecule has 0 bridgehead atoms. The lowest BCUT2D eigenvalue weighted by Gasteiger charge is -2.24. The summed E-state index contributed by atoms with van der Waals surface area (Å²) in [5.74, 6) is 1.60. The van der Waals surface area contributed by atoms with Gasteiger partial charge in [0.25, 0.3) is 0 Å². The average molecular weight is 314 g/mol. The number of methoxy groups -OCH3 is 1. The lowest BCUT2D eigenvalue weighted by atomic mass is 10.1. The van der Waals surface area contributed by atoms with Crippen molar-refractivity contribution in [3.63, 3.8) is 0 Å². The number of likely N-dealkylation sites (tertiary alicyclic amines) is 1. The average Bonchev–Trinajstić information content (AvgIpc) is 2.87. The molecule has 0 aromatic carbocycles. The Morgan fingerprint density at radius 2 is 2.24 bits per heavy atom. The number of hydrogen-bond donors (Lipinski definition) is 1. The van der Waals surface area contributed by atoms with Crippen LogP contribution in [0.3, 0.4) is 0 Å². The highest BCUT2D eigenvalue weighted by Crippen LogP contribution is 2.27. The minimum Gasteiger partial charge on any atom is -0.383 e. The molecule has 1 fully saturated rings. The van der Waals surface area contributed by atoms with Crippen LogP contribution >= 0.6 is 11.6 Å². The summed E-state index contributed by atoms with van der Waals surface area (Å²) in [4.78, 5) is 12.9. The first-order chi connectivity index (χ1) is 10.0. The van der Waals surface area contributed by atoms with Gasteiger partial charge in [-0.05, 0) is 25.8 Å². The molecule has 7 heteroatoms. The van der Waals surface area contributed by atoms with E-state index >= 15 is 0 Å². The van der Waals surface area contributed by atoms with Crippen molar-refractivity contribution in [3.8, 4) is 0 Å². The molecular formula is C14H24ClN5O. The summed E-state index contributed by atoms with van der Waals surface area (Å²) < 4.78 is 5.13. The Morgan fingerprint density at radius 1 is 1.48 bits per heavy atom. The highest BCUT2D eigenvalue weighted by molar-refractivity contribution is 6.33. The first-order valence-corrected chi connectivity index (χ1v) is 7.61. The molecule has 0 spiro atoms. The molecule has 6 nitrogen and oxygen atoms in total. The second-order valence-corrected chi connectivity index (χ2v) is 6.01. The largest absolute Gasteiger partial charge is 0.383 e. The maximum atomic E-state index is 6.29. The van der Waals surface area contributed by atoms with Crippen LogP contribution in [-0.4, -0.2) is 61.8 Å². The lowest BCUT2D eigenvalue weighted by Crippen LogP contribution is -2.30. The third kappa shape index (κ3) is 4.18. The number of rotatable bonds is 6. The maximum Gasteiger partial charge on any atom is 0.222 e. The van der Waals surface area contributed by atoms with Crippen molar-refractivity contribution in [1.29, 1.82) is 0 Å². The van der Waals surface area contributed by atoms with E-state index in [0.717, 1.165) is 44.3 Å². The van der Waals surface area contributed by atoms with E-state index < -0.39 is 0 Å². The summed E-state index contributed by atoms with van der Waals surface area (Å²) >= 11 is 6.29. The van der Waals surface area contributed by atoms with Crippen LogP contribution in [0.2, 0.25) is 5.02 Å². The molecular weight excluding hydrogens is 290 g/mol. The molecule has 1 unspecified atom stereocenters. The van der Waals surface area contributed by atoms with Crippen molar-refractivity contribution in [2.24, 2.45) is 5.92 Å². The van der Waals surface area contributed by atoms with Crippen molar-refractivity contribution in [3.05, 3.63) is 10.7 Å². The van der Waals surface area contributed by atoms with Gasteiger partial charge in [0, 0.05) is 33.8 Å². The van der Waals surface area contributed by atoms with Gasteiger partial charge in [-0.25, -0.2) is 4.98 Å². The second-order valence-electron chi connectivity index (χ2n) is 5.63. The number of nitrogen functional groups attached to an aromatic ring is 1. The van der Waals surface area contributed by atoms with Crippen LogP contribution in [0.5, 0.6) is 0 Å². The van der Waals surface area contributed by atoms with Crippen LogP contribution in [0.25, 0.3) is 0 Å². The van der Waals surface area contributed by atoms with Crippen LogP contribution < -0.4 is 10.6 Å². The van der Waals surface area contributed by atoms with E-state index in [-0.39, 0.29) is 5.95 Å². The molecule has 0 radical (unpaired) electrons. The van der Waals surface area contributed by atoms with E-state index in [2.05, 4.69) is 19.8 Å². The van der Waals surface area contributed by atoms with Crippen LogP contribution in [0.15, 0.2) is 0 Å². The molecule has 1 aromatic rings.